The van der Waals surface area contributed by atoms with Crippen molar-refractivity contribution in [1.82, 2.24) is 14.5 Å². The summed E-state index contributed by atoms with van der Waals surface area (Å²) in [6.45, 7) is 2.55. The van der Waals surface area contributed by atoms with E-state index < -0.39 is 0 Å². The number of imidazole rings is 1. The van der Waals surface area contributed by atoms with Gasteiger partial charge in [-0.3, -0.25) is 4.57 Å². The largest absolute Gasteiger partial charge is 0.326 e. The van der Waals surface area contributed by atoms with Crippen LogP contribution in [0.15, 0.2) is 42.7 Å². The van der Waals surface area contributed by atoms with Gasteiger partial charge in [-0.25, -0.2) is 9.97 Å². The van der Waals surface area contributed by atoms with Gasteiger partial charge >= 0.3 is 0 Å². The normalized spacial score (nSPS) is 11.1. The molecule has 3 rings (SSSR count). The van der Waals surface area contributed by atoms with Gasteiger partial charge in [-0.05, 0) is 12.1 Å². The fraction of sp³-hybridized carbons (Fsp3) is 0.200. The van der Waals surface area contributed by atoms with Crippen LogP contribution in [0.3, 0.4) is 0 Å². The molecule has 0 aliphatic rings. The van der Waals surface area contributed by atoms with E-state index in [0.717, 1.165) is 34.5 Å². The van der Waals surface area contributed by atoms with Gasteiger partial charge in [0.05, 0.1) is 5.52 Å². The summed E-state index contributed by atoms with van der Waals surface area (Å²) < 4.78 is 2.02. The van der Waals surface area contributed by atoms with Gasteiger partial charge in [0.1, 0.15) is 11.6 Å². The lowest BCUT2D eigenvalue weighted by Gasteiger charge is -2.11. The maximum atomic E-state index is 5.87. The number of pyridine rings is 1. The van der Waals surface area contributed by atoms with E-state index in [1.54, 1.807) is 6.20 Å². The topological polar surface area (TPSA) is 56.7 Å². The van der Waals surface area contributed by atoms with Crippen LogP contribution in [-0.2, 0) is 13.0 Å². The Morgan fingerprint density at radius 2 is 2.11 bits per heavy atom. The Bertz CT molecular complexity index is 715. The molecule has 0 saturated heterocycles. The van der Waals surface area contributed by atoms with Gasteiger partial charge in [-0.2, -0.15) is 0 Å². The molecular formula is C15H16N4. The van der Waals surface area contributed by atoms with Crippen LogP contribution in [0.25, 0.3) is 16.7 Å². The number of rotatable bonds is 3. The molecular weight excluding hydrogens is 236 g/mol. The summed E-state index contributed by atoms with van der Waals surface area (Å²) in [4.78, 5) is 9.09. The van der Waals surface area contributed by atoms with E-state index >= 15 is 0 Å². The van der Waals surface area contributed by atoms with E-state index in [4.69, 9.17) is 10.7 Å². The van der Waals surface area contributed by atoms with Crippen LogP contribution in [0.4, 0.5) is 0 Å². The van der Waals surface area contributed by atoms with Crippen LogP contribution < -0.4 is 5.73 Å². The Morgan fingerprint density at radius 1 is 1.26 bits per heavy atom. The van der Waals surface area contributed by atoms with Crippen molar-refractivity contribution in [2.24, 2.45) is 5.73 Å². The molecule has 0 bridgehead atoms. The molecule has 2 heterocycles. The van der Waals surface area contributed by atoms with E-state index in [1.807, 2.05) is 29.0 Å². The molecule has 0 fully saturated rings. The molecule has 2 aromatic heterocycles. The number of hydrogen-bond donors (Lipinski definition) is 1. The fourth-order valence-corrected chi connectivity index (χ4v) is 2.30. The second kappa shape index (κ2) is 4.82. The fourth-order valence-electron chi connectivity index (χ4n) is 2.30. The smallest absolute Gasteiger partial charge is 0.143 e. The summed E-state index contributed by atoms with van der Waals surface area (Å²) in [6.07, 6.45) is 4.61. The van der Waals surface area contributed by atoms with E-state index in [2.05, 4.69) is 24.0 Å². The number of aromatic nitrogens is 3. The lowest BCUT2D eigenvalue weighted by atomic mass is 10.1. The van der Waals surface area contributed by atoms with Crippen molar-refractivity contribution in [3.63, 3.8) is 0 Å². The summed E-state index contributed by atoms with van der Waals surface area (Å²) in [5, 5.41) is 1.12. The number of nitrogens with zero attached hydrogens (tertiary/aromatic N) is 3. The van der Waals surface area contributed by atoms with Gasteiger partial charge in [0.2, 0.25) is 0 Å². The number of para-hydroxylation sites is 1. The van der Waals surface area contributed by atoms with Gasteiger partial charge in [-0.15, -0.1) is 0 Å². The minimum Gasteiger partial charge on any atom is -0.326 e. The molecule has 0 atom stereocenters. The van der Waals surface area contributed by atoms with Crippen LogP contribution in [0, 0.1) is 0 Å². The Labute approximate surface area is 111 Å². The zero-order chi connectivity index (χ0) is 13.2. The highest BCUT2D eigenvalue weighted by molar-refractivity contribution is 5.80. The number of benzene rings is 1. The molecule has 1 aromatic carbocycles. The highest BCUT2D eigenvalue weighted by Crippen LogP contribution is 2.20. The second-order valence-electron chi connectivity index (χ2n) is 4.43. The highest BCUT2D eigenvalue weighted by atomic mass is 15.1. The number of hydrogen-bond acceptors (Lipinski definition) is 3. The average Bonchev–Trinajstić information content (AvgIpc) is 2.94. The number of aryl methyl sites for hydroxylation is 1. The third-order valence-corrected chi connectivity index (χ3v) is 3.26. The predicted molar refractivity (Wildman–Crippen MR) is 76.1 cm³/mol. The van der Waals surface area contributed by atoms with E-state index in [-0.39, 0.29) is 0 Å². The molecule has 0 spiro atoms. The predicted octanol–water partition coefficient (Wildman–Crippen LogP) is 2.44. The van der Waals surface area contributed by atoms with Gasteiger partial charge in [0.15, 0.2) is 0 Å². The molecule has 0 unspecified atom stereocenters. The summed E-state index contributed by atoms with van der Waals surface area (Å²) >= 11 is 0. The van der Waals surface area contributed by atoms with Gasteiger partial charge in [0.25, 0.3) is 0 Å². The monoisotopic (exact) mass is 252 g/mol. The Balaban J connectivity index is 2.27. The molecule has 2 N–H and O–H groups in total. The number of fused-ring (bicyclic) bond motifs is 1. The number of nitrogens with two attached hydrogens (primary N) is 1. The van der Waals surface area contributed by atoms with Gasteiger partial charge < -0.3 is 5.73 Å². The molecule has 0 aliphatic carbocycles. The zero-order valence-electron chi connectivity index (χ0n) is 10.9. The van der Waals surface area contributed by atoms with Crippen LogP contribution in [0.2, 0.25) is 0 Å². The lowest BCUT2D eigenvalue weighted by molar-refractivity contribution is 0.853. The van der Waals surface area contributed by atoms with E-state index in [9.17, 15) is 0 Å². The maximum absolute atomic E-state index is 5.87. The van der Waals surface area contributed by atoms with Gasteiger partial charge in [-0.1, -0.05) is 25.1 Å². The Morgan fingerprint density at radius 3 is 2.89 bits per heavy atom. The van der Waals surface area contributed by atoms with E-state index in [0.29, 0.717) is 6.54 Å². The Hall–Kier alpha value is -2.20. The van der Waals surface area contributed by atoms with Crippen molar-refractivity contribution < 1.29 is 0 Å². The first-order valence-corrected chi connectivity index (χ1v) is 6.44. The third kappa shape index (κ3) is 2.00. The summed E-state index contributed by atoms with van der Waals surface area (Å²) in [6, 6.07) is 10.2. The summed E-state index contributed by atoms with van der Waals surface area (Å²) in [7, 11) is 0. The quantitative estimate of drug-likeness (QED) is 0.779. The van der Waals surface area contributed by atoms with Crippen LogP contribution in [-0.4, -0.2) is 14.5 Å². The molecule has 3 aromatic rings. The molecule has 0 radical (unpaired) electrons. The first-order chi connectivity index (χ1) is 9.33. The minimum absolute atomic E-state index is 0.467. The van der Waals surface area contributed by atoms with Crippen LogP contribution in [0.5, 0.6) is 0 Å². The summed E-state index contributed by atoms with van der Waals surface area (Å²) in [5.41, 5.74) is 7.88. The minimum atomic E-state index is 0.467. The SMILES string of the molecule is CCc1nccn1-c1nc2ccccc2cc1CN. The molecule has 4 heteroatoms. The first kappa shape index (κ1) is 11.9. The maximum Gasteiger partial charge on any atom is 0.143 e. The molecule has 96 valence electrons. The summed E-state index contributed by atoms with van der Waals surface area (Å²) in [5.74, 6) is 1.88. The molecule has 4 nitrogen and oxygen atoms in total. The van der Waals surface area contributed by atoms with Crippen molar-refractivity contribution >= 4 is 10.9 Å². The van der Waals surface area contributed by atoms with Crippen molar-refractivity contribution in [2.75, 3.05) is 0 Å². The molecule has 0 saturated carbocycles. The van der Waals surface area contributed by atoms with Crippen LogP contribution >= 0.6 is 0 Å². The van der Waals surface area contributed by atoms with Crippen molar-refractivity contribution in [3.05, 3.63) is 54.1 Å². The van der Waals surface area contributed by atoms with E-state index in [1.165, 1.54) is 0 Å². The van der Waals surface area contributed by atoms with Crippen LogP contribution in [0.1, 0.15) is 18.3 Å². The Kier molecular flexibility index (Phi) is 3.01. The molecule has 0 aliphatic heterocycles. The molecule has 0 amide bonds. The average molecular weight is 252 g/mol. The van der Waals surface area contributed by atoms with Crippen molar-refractivity contribution in [1.29, 1.82) is 0 Å². The third-order valence-electron chi connectivity index (χ3n) is 3.26. The second-order valence-corrected chi connectivity index (χ2v) is 4.43. The van der Waals surface area contributed by atoms with Crippen molar-refractivity contribution in [3.8, 4) is 5.82 Å². The first-order valence-electron chi connectivity index (χ1n) is 6.44. The van der Waals surface area contributed by atoms with Crippen molar-refractivity contribution in [2.45, 2.75) is 19.9 Å². The zero-order valence-corrected chi connectivity index (χ0v) is 10.9. The highest BCUT2D eigenvalue weighted by Gasteiger charge is 2.10. The molecule has 19 heavy (non-hydrogen) atoms. The lowest BCUT2D eigenvalue weighted by Crippen LogP contribution is -2.09. The standard InChI is InChI=1S/C15H16N4/c1-2-14-17-7-8-19(14)15-12(10-16)9-11-5-3-4-6-13(11)18-15/h3-9H,2,10,16H2,1H3. The van der Waals surface area contributed by atoms with Gasteiger partial charge in [0, 0.05) is 36.3 Å².